The molecular formula is C12H11N3O4. The fourth-order valence-corrected chi connectivity index (χ4v) is 1.58. The number of carboxylic acid groups (broad SMARTS) is 1. The van der Waals surface area contributed by atoms with Crippen LogP contribution in [0, 0.1) is 6.92 Å². The first-order chi connectivity index (χ1) is 9.02. The van der Waals surface area contributed by atoms with Gasteiger partial charge in [0.2, 0.25) is 0 Å². The maximum absolute atomic E-state index is 11.3. The van der Waals surface area contributed by atoms with Gasteiger partial charge < -0.3 is 9.84 Å². The third kappa shape index (κ3) is 2.44. The van der Waals surface area contributed by atoms with Gasteiger partial charge in [0.05, 0.1) is 18.4 Å². The van der Waals surface area contributed by atoms with E-state index in [9.17, 15) is 9.59 Å². The third-order valence-corrected chi connectivity index (χ3v) is 2.49. The summed E-state index contributed by atoms with van der Waals surface area (Å²) >= 11 is 0. The van der Waals surface area contributed by atoms with E-state index >= 15 is 0 Å². The summed E-state index contributed by atoms with van der Waals surface area (Å²) in [6, 6.07) is 4.82. The molecule has 0 aliphatic carbocycles. The molecule has 1 aromatic carbocycles. The van der Waals surface area contributed by atoms with Gasteiger partial charge in [0.25, 0.3) is 5.82 Å². The Labute approximate surface area is 108 Å². The molecule has 98 valence electrons. The van der Waals surface area contributed by atoms with Crippen LogP contribution in [0.1, 0.15) is 26.5 Å². The van der Waals surface area contributed by atoms with Crippen molar-refractivity contribution in [2.45, 2.75) is 6.92 Å². The lowest BCUT2D eigenvalue weighted by atomic mass is 10.1. The summed E-state index contributed by atoms with van der Waals surface area (Å²) in [6.45, 7) is 1.83. The zero-order valence-electron chi connectivity index (χ0n) is 10.3. The van der Waals surface area contributed by atoms with Crippen molar-refractivity contribution in [1.29, 1.82) is 0 Å². The predicted molar refractivity (Wildman–Crippen MR) is 64.4 cm³/mol. The maximum Gasteiger partial charge on any atom is 0.377 e. The highest BCUT2D eigenvalue weighted by Gasteiger charge is 2.16. The smallest absolute Gasteiger partial charge is 0.377 e. The fourth-order valence-electron chi connectivity index (χ4n) is 1.58. The number of carbonyl (C=O) groups is 2. The topological polar surface area (TPSA) is 94.3 Å². The average Bonchev–Trinajstić information content (AvgIpc) is 2.86. The van der Waals surface area contributed by atoms with E-state index in [0.29, 0.717) is 5.69 Å². The van der Waals surface area contributed by atoms with Gasteiger partial charge >= 0.3 is 11.9 Å². The Morgan fingerprint density at radius 1 is 1.37 bits per heavy atom. The SMILES string of the molecule is COC(=O)c1ncn(-c2cc(C)ccc2C(=O)O)n1. The lowest BCUT2D eigenvalue weighted by Crippen LogP contribution is -2.08. The largest absolute Gasteiger partial charge is 0.478 e. The molecule has 0 unspecified atom stereocenters. The minimum atomic E-state index is -1.08. The van der Waals surface area contributed by atoms with E-state index in [1.807, 2.05) is 6.92 Å². The summed E-state index contributed by atoms with van der Waals surface area (Å²) in [5.74, 6) is -1.88. The second-order valence-electron chi connectivity index (χ2n) is 3.83. The molecule has 1 aromatic heterocycles. The summed E-state index contributed by atoms with van der Waals surface area (Å²) in [5, 5.41) is 13.0. The molecule has 0 saturated heterocycles. The summed E-state index contributed by atoms with van der Waals surface area (Å²) in [7, 11) is 1.22. The second kappa shape index (κ2) is 4.89. The van der Waals surface area contributed by atoms with Crippen LogP contribution < -0.4 is 0 Å². The first kappa shape index (κ1) is 12.7. The van der Waals surface area contributed by atoms with E-state index in [-0.39, 0.29) is 11.4 Å². The van der Waals surface area contributed by atoms with Gasteiger partial charge in [-0.05, 0) is 24.6 Å². The van der Waals surface area contributed by atoms with Crippen molar-refractivity contribution in [3.63, 3.8) is 0 Å². The van der Waals surface area contributed by atoms with Gasteiger partial charge in [0, 0.05) is 0 Å². The molecule has 0 aliphatic rings. The Kier molecular flexibility index (Phi) is 3.28. The van der Waals surface area contributed by atoms with E-state index in [0.717, 1.165) is 5.56 Å². The molecule has 7 heteroatoms. The van der Waals surface area contributed by atoms with E-state index < -0.39 is 11.9 Å². The molecule has 0 saturated carbocycles. The second-order valence-corrected chi connectivity index (χ2v) is 3.83. The molecule has 0 atom stereocenters. The Morgan fingerprint density at radius 3 is 2.74 bits per heavy atom. The summed E-state index contributed by atoms with van der Waals surface area (Å²) in [5.41, 5.74) is 1.29. The zero-order valence-corrected chi connectivity index (χ0v) is 10.3. The normalized spacial score (nSPS) is 10.2. The lowest BCUT2D eigenvalue weighted by molar-refractivity contribution is 0.0586. The molecule has 0 spiro atoms. The van der Waals surface area contributed by atoms with Crippen LogP contribution in [0.4, 0.5) is 0 Å². The van der Waals surface area contributed by atoms with Gasteiger partial charge in [0.15, 0.2) is 0 Å². The highest BCUT2D eigenvalue weighted by atomic mass is 16.5. The van der Waals surface area contributed by atoms with Gasteiger partial charge in [-0.25, -0.2) is 19.3 Å². The molecular weight excluding hydrogens is 250 g/mol. The van der Waals surface area contributed by atoms with Gasteiger partial charge in [0.1, 0.15) is 6.33 Å². The number of methoxy groups -OCH3 is 1. The Bertz CT molecular complexity index is 648. The number of esters is 1. The van der Waals surface area contributed by atoms with Crippen LogP contribution in [-0.2, 0) is 4.74 Å². The third-order valence-electron chi connectivity index (χ3n) is 2.49. The number of hydrogen-bond acceptors (Lipinski definition) is 5. The first-order valence-electron chi connectivity index (χ1n) is 5.37. The van der Waals surface area contributed by atoms with Crippen LogP contribution in [0.3, 0.4) is 0 Å². The molecule has 1 heterocycles. The van der Waals surface area contributed by atoms with Crippen LogP contribution in [0.5, 0.6) is 0 Å². The number of carboxylic acids is 1. The number of rotatable bonds is 3. The maximum atomic E-state index is 11.3. The quantitative estimate of drug-likeness (QED) is 0.830. The fraction of sp³-hybridized carbons (Fsp3) is 0.167. The molecule has 0 aliphatic heterocycles. The first-order valence-corrected chi connectivity index (χ1v) is 5.37. The Hall–Kier alpha value is -2.70. The zero-order chi connectivity index (χ0) is 14.0. The molecule has 0 amide bonds. The van der Waals surface area contributed by atoms with Crippen molar-refractivity contribution in [3.8, 4) is 5.69 Å². The summed E-state index contributed by atoms with van der Waals surface area (Å²) in [6.07, 6.45) is 1.27. The van der Waals surface area contributed by atoms with Gasteiger partial charge in [-0.2, -0.15) is 0 Å². The highest BCUT2D eigenvalue weighted by molar-refractivity contribution is 5.92. The molecule has 7 nitrogen and oxygen atoms in total. The Balaban J connectivity index is 2.52. The molecule has 2 rings (SSSR count). The highest BCUT2D eigenvalue weighted by Crippen LogP contribution is 2.16. The van der Waals surface area contributed by atoms with Gasteiger partial charge in [-0.3, -0.25) is 0 Å². The van der Waals surface area contributed by atoms with Crippen LogP contribution in [0.15, 0.2) is 24.5 Å². The van der Waals surface area contributed by atoms with Crippen molar-refractivity contribution < 1.29 is 19.4 Å². The number of aromatic carboxylic acids is 1. The van der Waals surface area contributed by atoms with Crippen LogP contribution in [0.25, 0.3) is 5.69 Å². The number of carbonyl (C=O) groups excluding carboxylic acids is 1. The van der Waals surface area contributed by atoms with E-state index in [2.05, 4.69) is 14.8 Å². The Morgan fingerprint density at radius 2 is 2.11 bits per heavy atom. The van der Waals surface area contributed by atoms with Crippen molar-refractivity contribution >= 4 is 11.9 Å². The van der Waals surface area contributed by atoms with E-state index in [1.165, 1.54) is 24.2 Å². The summed E-state index contributed by atoms with van der Waals surface area (Å²) < 4.78 is 5.73. The van der Waals surface area contributed by atoms with Crippen LogP contribution in [-0.4, -0.2) is 38.9 Å². The number of hydrogen-bond donors (Lipinski definition) is 1. The van der Waals surface area contributed by atoms with E-state index in [1.54, 1.807) is 12.1 Å². The number of aromatic nitrogens is 3. The van der Waals surface area contributed by atoms with Crippen molar-refractivity contribution in [3.05, 3.63) is 41.5 Å². The number of benzene rings is 1. The summed E-state index contributed by atoms with van der Waals surface area (Å²) in [4.78, 5) is 26.2. The average molecular weight is 261 g/mol. The van der Waals surface area contributed by atoms with Gasteiger partial charge in [-0.1, -0.05) is 6.07 Å². The molecule has 19 heavy (non-hydrogen) atoms. The van der Waals surface area contributed by atoms with Crippen LogP contribution >= 0.6 is 0 Å². The standard InChI is InChI=1S/C12H11N3O4/c1-7-3-4-8(11(16)17)9(5-7)15-6-13-10(14-15)12(18)19-2/h3-6H,1-2H3,(H,16,17). The minimum absolute atomic E-state index is 0.0758. The number of aryl methyl sites for hydroxylation is 1. The number of ether oxygens (including phenoxy) is 1. The molecule has 2 aromatic rings. The number of nitrogens with zero attached hydrogens (tertiary/aromatic N) is 3. The predicted octanol–water partition coefficient (Wildman–Crippen LogP) is 1.06. The molecule has 1 N–H and O–H groups in total. The van der Waals surface area contributed by atoms with Gasteiger partial charge in [-0.15, -0.1) is 5.10 Å². The minimum Gasteiger partial charge on any atom is -0.478 e. The van der Waals surface area contributed by atoms with Crippen molar-refractivity contribution in [1.82, 2.24) is 14.8 Å². The van der Waals surface area contributed by atoms with Crippen molar-refractivity contribution in [2.24, 2.45) is 0 Å². The van der Waals surface area contributed by atoms with Crippen molar-refractivity contribution in [2.75, 3.05) is 7.11 Å². The molecule has 0 fully saturated rings. The van der Waals surface area contributed by atoms with Crippen LogP contribution in [0.2, 0.25) is 0 Å². The molecule has 0 bridgehead atoms. The molecule has 0 radical (unpaired) electrons. The lowest BCUT2D eigenvalue weighted by Gasteiger charge is -2.06. The van der Waals surface area contributed by atoms with E-state index in [4.69, 9.17) is 5.11 Å². The monoisotopic (exact) mass is 261 g/mol.